The SMILES string of the molecule is Cc1ccc(C(=O)N2CC(C)CC(C)C2)cc1NC(=O)c1ccc(NC(=O)c2ccco2)cc1. The summed E-state index contributed by atoms with van der Waals surface area (Å²) in [5.41, 5.74) is 3.02. The summed E-state index contributed by atoms with van der Waals surface area (Å²) in [5.74, 6) is 0.493. The van der Waals surface area contributed by atoms with Gasteiger partial charge in [0.15, 0.2) is 5.76 Å². The quantitative estimate of drug-likeness (QED) is 0.548. The number of benzene rings is 2. The van der Waals surface area contributed by atoms with E-state index in [2.05, 4.69) is 24.5 Å². The van der Waals surface area contributed by atoms with E-state index in [4.69, 9.17) is 4.42 Å². The zero-order valence-electron chi connectivity index (χ0n) is 19.6. The fraction of sp³-hybridized carbons (Fsp3) is 0.296. The topological polar surface area (TPSA) is 91.7 Å². The van der Waals surface area contributed by atoms with Crippen LogP contribution in [0.2, 0.25) is 0 Å². The van der Waals surface area contributed by atoms with Crippen molar-refractivity contribution in [2.24, 2.45) is 11.8 Å². The van der Waals surface area contributed by atoms with Gasteiger partial charge in [0.25, 0.3) is 17.7 Å². The highest BCUT2D eigenvalue weighted by atomic mass is 16.3. The Bertz CT molecular complexity index is 1180. The molecular formula is C27H29N3O4. The van der Waals surface area contributed by atoms with Gasteiger partial charge < -0.3 is 20.0 Å². The number of carbonyl (C=O) groups is 3. The minimum Gasteiger partial charge on any atom is -0.459 e. The van der Waals surface area contributed by atoms with Crippen molar-refractivity contribution in [3.05, 3.63) is 83.3 Å². The number of rotatable bonds is 5. The van der Waals surface area contributed by atoms with Crippen LogP contribution in [0, 0.1) is 18.8 Å². The van der Waals surface area contributed by atoms with E-state index in [1.807, 2.05) is 24.0 Å². The number of aryl methyl sites for hydroxylation is 1. The lowest BCUT2D eigenvalue weighted by atomic mass is 9.91. The predicted molar refractivity (Wildman–Crippen MR) is 131 cm³/mol. The molecule has 1 aliphatic rings. The summed E-state index contributed by atoms with van der Waals surface area (Å²) in [4.78, 5) is 39.9. The number of carbonyl (C=O) groups excluding carboxylic acids is 3. The van der Waals surface area contributed by atoms with Crippen molar-refractivity contribution in [2.45, 2.75) is 27.2 Å². The molecule has 0 aliphatic carbocycles. The zero-order chi connectivity index (χ0) is 24.2. The van der Waals surface area contributed by atoms with Gasteiger partial charge in [-0.15, -0.1) is 0 Å². The standard InChI is InChI=1S/C27H29N3O4/c1-17-13-18(2)16-30(15-17)27(33)21-7-6-19(3)23(14-21)29-25(31)20-8-10-22(11-9-20)28-26(32)24-5-4-12-34-24/h4-12,14,17-18H,13,15-16H2,1-3H3,(H,28,32)(H,29,31). The van der Waals surface area contributed by atoms with Crippen LogP contribution in [0.3, 0.4) is 0 Å². The first-order valence-electron chi connectivity index (χ1n) is 11.5. The van der Waals surface area contributed by atoms with Crippen LogP contribution in [0.1, 0.15) is 57.1 Å². The number of hydrogen-bond donors (Lipinski definition) is 2. The smallest absolute Gasteiger partial charge is 0.291 e. The molecule has 4 rings (SSSR count). The third-order valence-corrected chi connectivity index (χ3v) is 6.04. The molecule has 0 bridgehead atoms. The van der Waals surface area contributed by atoms with Crippen molar-refractivity contribution in [3.8, 4) is 0 Å². The number of hydrogen-bond acceptors (Lipinski definition) is 4. The molecule has 7 nitrogen and oxygen atoms in total. The van der Waals surface area contributed by atoms with Crippen LogP contribution in [0.4, 0.5) is 11.4 Å². The Morgan fingerprint density at radius 3 is 2.21 bits per heavy atom. The maximum Gasteiger partial charge on any atom is 0.291 e. The van der Waals surface area contributed by atoms with E-state index >= 15 is 0 Å². The molecule has 0 saturated carbocycles. The van der Waals surface area contributed by atoms with E-state index in [1.165, 1.54) is 6.26 Å². The Labute approximate surface area is 199 Å². The van der Waals surface area contributed by atoms with Crippen molar-refractivity contribution in [1.82, 2.24) is 4.90 Å². The zero-order valence-corrected chi connectivity index (χ0v) is 19.6. The Hall–Kier alpha value is -3.87. The molecule has 1 aliphatic heterocycles. The molecule has 2 heterocycles. The predicted octanol–water partition coefficient (Wildman–Crippen LogP) is 5.21. The normalized spacial score (nSPS) is 17.8. The van der Waals surface area contributed by atoms with E-state index in [9.17, 15) is 14.4 Å². The number of nitrogens with zero attached hydrogens (tertiary/aromatic N) is 1. The molecule has 2 aromatic carbocycles. The molecule has 176 valence electrons. The van der Waals surface area contributed by atoms with Crippen LogP contribution < -0.4 is 10.6 Å². The van der Waals surface area contributed by atoms with E-state index < -0.39 is 0 Å². The molecule has 34 heavy (non-hydrogen) atoms. The van der Waals surface area contributed by atoms with E-state index in [0.717, 1.165) is 25.1 Å². The maximum atomic E-state index is 13.1. The Balaban J connectivity index is 1.43. The van der Waals surface area contributed by atoms with Crippen molar-refractivity contribution in [2.75, 3.05) is 23.7 Å². The van der Waals surface area contributed by atoms with Crippen LogP contribution >= 0.6 is 0 Å². The fourth-order valence-electron chi connectivity index (χ4n) is 4.40. The molecule has 0 radical (unpaired) electrons. The highest BCUT2D eigenvalue weighted by Crippen LogP contribution is 2.25. The van der Waals surface area contributed by atoms with Gasteiger partial charge in [-0.3, -0.25) is 14.4 Å². The molecule has 3 amide bonds. The molecule has 1 fully saturated rings. The first-order chi connectivity index (χ1) is 16.3. The maximum absolute atomic E-state index is 13.1. The number of amides is 3. The molecular weight excluding hydrogens is 430 g/mol. The van der Waals surface area contributed by atoms with Crippen LogP contribution in [-0.4, -0.2) is 35.7 Å². The lowest BCUT2D eigenvalue weighted by molar-refractivity contribution is 0.0623. The second kappa shape index (κ2) is 9.95. The first kappa shape index (κ1) is 23.3. The summed E-state index contributed by atoms with van der Waals surface area (Å²) < 4.78 is 5.08. The van der Waals surface area contributed by atoms with Gasteiger partial charge in [-0.25, -0.2) is 0 Å². The number of anilines is 2. The van der Waals surface area contributed by atoms with Gasteiger partial charge in [-0.2, -0.15) is 0 Å². The molecule has 0 spiro atoms. The van der Waals surface area contributed by atoms with Gasteiger partial charge in [0.1, 0.15) is 0 Å². The first-order valence-corrected chi connectivity index (χ1v) is 11.5. The highest BCUT2D eigenvalue weighted by Gasteiger charge is 2.26. The van der Waals surface area contributed by atoms with Gasteiger partial charge in [-0.1, -0.05) is 19.9 Å². The molecule has 2 atom stereocenters. The van der Waals surface area contributed by atoms with Crippen LogP contribution in [-0.2, 0) is 0 Å². The third kappa shape index (κ3) is 5.36. The minimum atomic E-state index is -0.364. The van der Waals surface area contributed by atoms with Crippen LogP contribution in [0.25, 0.3) is 0 Å². The summed E-state index contributed by atoms with van der Waals surface area (Å²) in [6.07, 6.45) is 2.56. The summed E-state index contributed by atoms with van der Waals surface area (Å²) in [6, 6.07) is 15.2. The third-order valence-electron chi connectivity index (χ3n) is 6.04. The fourth-order valence-corrected chi connectivity index (χ4v) is 4.40. The lowest BCUT2D eigenvalue weighted by Crippen LogP contribution is -2.42. The summed E-state index contributed by atoms with van der Waals surface area (Å²) in [6.45, 7) is 7.74. The van der Waals surface area contributed by atoms with Gasteiger partial charge in [-0.05, 0) is 79.3 Å². The molecule has 1 saturated heterocycles. The number of nitrogens with one attached hydrogen (secondary N) is 2. The van der Waals surface area contributed by atoms with Crippen molar-refractivity contribution < 1.29 is 18.8 Å². The molecule has 2 N–H and O–H groups in total. The average molecular weight is 460 g/mol. The highest BCUT2D eigenvalue weighted by molar-refractivity contribution is 6.06. The van der Waals surface area contributed by atoms with Crippen LogP contribution in [0.15, 0.2) is 65.3 Å². The van der Waals surface area contributed by atoms with Crippen LogP contribution in [0.5, 0.6) is 0 Å². The van der Waals surface area contributed by atoms with Crippen molar-refractivity contribution in [1.29, 1.82) is 0 Å². The van der Waals surface area contributed by atoms with Gasteiger partial charge in [0.05, 0.1) is 6.26 Å². The number of likely N-dealkylation sites (tertiary alicyclic amines) is 1. The van der Waals surface area contributed by atoms with Crippen molar-refractivity contribution >= 4 is 29.1 Å². The summed E-state index contributed by atoms with van der Waals surface area (Å²) in [7, 11) is 0. The largest absolute Gasteiger partial charge is 0.459 e. The molecule has 1 aromatic heterocycles. The van der Waals surface area contributed by atoms with Gasteiger partial charge >= 0.3 is 0 Å². The Morgan fingerprint density at radius 1 is 0.882 bits per heavy atom. The minimum absolute atomic E-state index is 0.00875. The monoisotopic (exact) mass is 459 g/mol. The van der Waals surface area contributed by atoms with Crippen molar-refractivity contribution in [3.63, 3.8) is 0 Å². The molecule has 7 heteroatoms. The molecule has 2 unspecified atom stereocenters. The summed E-state index contributed by atoms with van der Waals surface area (Å²) >= 11 is 0. The second-order valence-electron chi connectivity index (χ2n) is 9.15. The van der Waals surface area contributed by atoms with E-state index in [-0.39, 0.29) is 23.5 Å². The van der Waals surface area contributed by atoms with E-state index in [1.54, 1.807) is 42.5 Å². The second-order valence-corrected chi connectivity index (χ2v) is 9.15. The average Bonchev–Trinajstić information content (AvgIpc) is 3.35. The lowest BCUT2D eigenvalue weighted by Gasteiger charge is -2.35. The van der Waals surface area contributed by atoms with Gasteiger partial charge in [0.2, 0.25) is 0 Å². The number of furan rings is 1. The molecule has 3 aromatic rings. The van der Waals surface area contributed by atoms with E-state index in [0.29, 0.717) is 34.3 Å². The summed E-state index contributed by atoms with van der Waals surface area (Å²) in [5, 5.41) is 5.63. The van der Waals surface area contributed by atoms with Gasteiger partial charge in [0, 0.05) is 35.6 Å². The Morgan fingerprint density at radius 2 is 1.56 bits per heavy atom. The number of piperidine rings is 1. The Kier molecular flexibility index (Phi) is 6.82.